The van der Waals surface area contributed by atoms with Crippen LogP contribution in [0.25, 0.3) is 11.0 Å². The Bertz CT molecular complexity index is 1030. The molecule has 0 aliphatic heterocycles. The first-order chi connectivity index (χ1) is 12.5. The SMILES string of the molecule is O=C(NCCNS(=O)(=O)c1ccc(Cl)cc1)c1cccc2nccnc12. The van der Waals surface area contributed by atoms with E-state index in [1.807, 2.05) is 0 Å². The highest BCUT2D eigenvalue weighted by Gasteiger charge is 2.14. The molecule has 0 spiro atoms. The number of nitrogens with zero attached hydrogens (tertiary/aromatic N) is 2. The summed E-state index contributed by atoms with van der Waals surface area (Å²) in [5.41, 5.74) is 1.49. The zero-order valence-electron chi connectivity index (χ0n) is 13.5. The van der Waals surface area contributed by atoms with Crippen molar-refractivity contribution in [1.29, 1.82) is 0 Å². The van der Waals surface area contributed by atoms with Crippen LogP contribution in [0.3, 0.4) is 0 Å². The summed E-state index contributed by atoms with van der Waals surface area (Å²) in [6.07, 6.45) is 3.06. The minimum atomic E-state index is -3.66. The molecule has 134 valence electrons. The van der Waals surface area contributed by atoms with Crippen LogP contribution in [0.5, 0.6) is 0 Å². The lowest BCUT2D eigenvalue weighted by atomic mass is 10.1. The summed E-state index contributed by atoms with van der Waals surface area (Å²) in [4.78, 5) is 20.7. The number of hydrogen-bond donors (Lipinski definition) is 2. The molecular formula is C17H15ClN4O3S. The molecule has 1 aromatic heterocycles. The van der Waals surface area contributed by atoms with Crippen LogP contribution < -0.4 is 10.0 Å². The second-order valence-corrected chi connectivity index (χ2v) is 7.54. The summed E-state index contributed by atoms with van der Waals surface area (Å²) in [6, 6.07) is 11.0. The molecule has 0 saturated carbocycles. The van der Waals surface area contributed by atoms with Gasteiger partial charge in [-0.05, 0) is 36.4 Å². The van der Waals surface area contributed by atoms with Gasteiger partial charge in [0, 0.05) is 30.5 Å². The number of carbonyl (C=O) groups excluding carboxylic acids is 1. The first-order valence-electron chi connectivity index (χ1n) is 7.70. The van der Waals surface area contributed by atoms with E-state index in [-0.39, 0.29) is 23.9 Å². The fourth-order valence-corrected chi connectivity index (χ4v) is 3.49. The third-order valence-corrected chi connectivity index (χ3v) is 5.30. The average molecular weight is 391 g/mol. The number of carbonyl (C=O) groups is 1. The highest BCUT2D eigenvalue weighted by atomic mass is 35.5. The van der Waals surface area contributed by atoms with E-state index < -0.39 is 10.0 Å². The van der Waals surface area contributed by atoms with Gasteiger partial charge in [0.2, 0.25) is 10.0 Å². The Morgan fingerprint density at radius 3 is 2.50 bits per heavy atom. The van der Waals surface area contributed by atoms with Crippen molar-refractivity contribution in [2.45, 2.75) is 4.90 Å². The first-order valence-corrected chi connectivity index (χ1v) is 9.57. The maximum Gasteiger partial charge on any atom is 0.253 e. The van der Waals surface area contributed by atoms with Crippen molar-refractivity contribution < 1.29 is 13.2 Å². The quantitative estimate of drug-likeness (QED) is 0.627. The monoisotopic (exact) mass is 390 g/mol. The van der Waals surface area contributed by atoms with Crippen LogP contribution in [0.4, 0.5) is 0 Å². The molecule has 0 aliphatic rings. The average Bonchev–Trinajstić information content (AvgIpc) is 2.65. The Labute approximate surface area is 155 Å². The topological polar surface area (TPSA) is 101 Å². The van der Waals surface area contributed by atoms with Crippen LogP contribution in [0, 0.1) is 0 Å². The van der Waals surface area contributed by atoms with E-state index in [1.165, 1.54) is 30.5 Å². The standard InChI is InChI=1S/C17H15ClN4O3S/c18-12-4-6-13(7-5-12)26(24,25)22-11-10-21-17(23)14-2-1-3-15-16(14)20-9-8-19-15/h1-9,22H,10-11H2,(H,21,23). The molecule has 0 fully saturated rings. The van der Waals surface area contributed by atoms with E-state index in [1.54, 1.807) is 24.4 Å². The zero-order chi connectivity index (χ0) is 18.6. The third-order valence-electron chi connectivity index (χ3n) is 3.57. The molecule has 1 heterocycles. The van der Waals surface area contributed by atoms with Gasteiger partial charge in [-0.15, -0.1) is 0 Å². The molecule has 0 radical (unpaired) electrons. The Hall–Kier alpha value is -2.55. The van der Waals surface area contributed by atoms with E-state index in [9.17, 15) is 13.2 Å². The van der Waals surface area contributed by atoms with Gasteiger partial charge in [0.25, 0.3) is 5.91 Å². The summed E-state index contributed by atoms with van der Waals surface area (Å²) in [5.74, 6) is -0.346. The Balaban J connectivity index is 1.59. The first kappa shape index (κ1) is 18.2. The lowest BCUT2D eigenvalue weighted by molar-refractivity contribution is 0.0956. The summed E-state index contributed by atoms with van der Waals surface area (Å²) >= 11 is 5.75. The molecule has 0 unspecified atom stereocenters. The van der Waals surface area contributed by atoms with Crippen LogP contribution in [-0.4, -0.2) is 37.4 Å². The molecule has 0 atom stereocenters. The molecule has 26 heavy (non-hydrogen) atoms. The van der Waals surface area contributed by atoms with Gasteiger partial charge < -0.3 is 5.32 Å². The minimum absolute atomic E-state index is 0.0488. The maximum atomic E-state index is 12.3. The normalized spacial score (nSPS) is 11.4. The van der Waals surface area contributed by atoms with Crippen molar-refractivity contribution >= 4 is 38.6 Å². The smallest absolute Gasteiger partial charge is 0.253 e. The van der Waals surface area contributed by atoms with Crippen molar-refractivity contribution in [2.24, 2.45) is 0 Å². The number of amides is 1. The van der Waals surface area contributed by atoms with E-state index in [0.29, 0.717) is 21.6 Å². The second-order valence-electron chi connectivity index (χ2n) is 5.34. The molecule has 0 bridgehead atoms. The predicted octanol–water partition coefficient (Wildman–Crippen LogP) is 1.99. The van der Waals surface area contributed by atoms with Gasteiger partial charge in [-0.1, -0.05) is 17.7 Å². The lowest BCUT2D eigenvalue weighted by Crippen LogP contribution is -2.34. The summed E-state index contributed by atoms with van der Waals surface area (Å²) in [5, 5.41) is 3.12. The van der Waals surface area contributed by atoms with Gasteiger partial charge in [0.05, 0.1) is 16.0 Å². The highest BCUT2D eigenvalue weighted by molar-refractivity contribution is 7.89. The molecule has 3 aromatic rings. The van der Waals surface area contributed by atoms with Crippen LogP contribution >= 0.6 is 11.6 Å². The summed E-state index contributed by atoms with van der Waals surface area (Å²) in [7, 11) is -3.66. The van der Waals surface area contributed by atoms with Crippen LogP contribution in [0.15, 0.2) is 59.8 Å². The van der Waals surface area contributed by atoms with Gasteiger partial charge in [-0.2, -0.15) is 0 Å². The molecule has 9 heteroatoms. The number of benzene rings is 2. The summed E-state index contributed by atoms with van der Waals surface area (Å²) < 4.78 is 26.7. The second kappa shape index (κ2) is 7.77. The van der Waals surface area contributed by atoms with Crippen molar-refractivity contribution in [1.82, 2.24) is 20.0 Å². The maximum absolute atomic E-state index is 12.3. The van der Waals surface area contributed by atoms with Crippen molar-refractivity contribution in [3.63, 3.8) is 0 Å². The lowest BCUT2D eigenvalue weighted by Gasteiger charge is -2.09. The van der Waals surface area contributed by atoms with Gasteiger partial charge in [-0.3, -0.25) is 14.8 Å². The molecule has 7 nitrogen and oxygen atoms in total. The highest BCUT2D eigenvalue weighted by Crippen LogP contribution is 2.14. The number of nitrogens with one attached hydrogen (secondary N) is 2. The van der Waals surface area contributed by atoms with E-state index >= 15 is 0 Å². The molecule has 1 amide bonds. The number of rotatable bonds is 6. The van der Waals surface area contributed by atoms with Crippen molar-refractivity contribution in [2.75, 3.05) is 13.1 Å². The van der Waals surface area contributed by atoms with Crippen LogP contribution in [0.2, 0.25) is 5.02 Å². The van der Waals surface area contributed by atoms with Gasteiger partial charge in [-0.25, -0.2) is 13.1 Å². The fraction of sp³-hybridized carbons (Fsp3) is 0.118. The number of sulfonamides is 1. The number of halogens is 1. The molecule has 2 N–H and O–H groups in total. The van der Waals surface area contributed by atoms with Crippen LogP contribution in [-0.2, 0) is 10.0 Å². The van der Waals surface area contributed by atoms with Crippen LogP contribution in [0.1, 0.15) is 10.4 Å². The van der Waals surface area contributed by atoms with Crippen molar-refractivity contribution in [3.05, 3.63) is 65.4 Å². The predicted molar refractivity (Wildman–Crippen MR) is 98.5 cm³/mol. The molecule has 2 aromatic carbocycles. The largest absolute Gasteiger partial charge is 0.351 e. The molecule has 0 saturated heterocycles. The number of fused-ring (bicyclic) bond motifs is 1. The Morgan fingerprint density at radius 2 is 1.73 bits per heavy atom. The van der Waals surface area contributed by atoms with E-state index in [2.05, 4.69) is 20.0 Å². The molecule has 0 aliphatic carbocycles. The van der Waals surface area contributed by atoms with Gasteiger partial charge >= 0.3 is 0 Å². The van der Waals surface area contributed by atoms with Gasteiger partial charge in [0.15, 0.2) is 0 Å². The Kier molecular flexibility index (Phi) is 5.46. The number of hydrogen-bond acceptors (Lipinski definition) is 5. The molecular weight excluding hydrogens is 376 g/mol. The van der Waals surface area contributed by atoms with E-state index in [4.69, 9.17) is 11.6 Å². The summed E-state index contributed by atoms with van der Waals surface area (Å²) in [6.45, 7) is 0.176. The fourth-order valence-electron chi connectivity index (χ4n) is 2.33. The third kappa shape index (κ3) is 4.16. The minimum Gasteiger partial charge on any atom is -0.351 e. The van der Waals surface area contributed by atoms with E-state index in [0.717, 1.165) is 0 Å². The number of aromatic nitrogens is 2. The van der Waals surface area contributed by atoms with Crippen molar-refractivity contribution in [3.8, 4) is 0 Å². The van der Waals surface area contributed by atoms with Gasteiger partial charge in [0.1, 0.15) is 5.52 Å². The Morgan fingerprint density at radius 1 is 1.00 bits per heavy atom. The molecule has 3 rings (SSSR count). The number of para-hydroxylation sites is 1. The zero-order valence-corrected chi connectivity index (χ0v) is 15.1.